The summed E-state index contributed by atoms with van der Waals surface area (Å²) in [6, 6.07) is 3.40. The largest absolute Gasteiger partial charge is 0.479 e. The molecule has 2 N–H and O–H groups in total. The molecule has 0 radical (unpaired) electrons. The first-order chi connectivity index (χ1) is 8.40. The number of carbonyl (C=O) groups is 2. The van der Waals surface area contributed by atoms with E-state index in [2.05, 4.69) is 0 Å². The van der Waals surface area contributed by atoms with E-state index in [0.29, 0.717) is 0 Å². The van der Waals surface area contributed by atoms with Crippen molar-refractivity contribution in [3.63, 3.8) is 0 Å². The molecule has 0 saturated carbocycles. The van der Waals surface area contributed by atoms with Crippen molar-refractivity contribution in [3.8, 4) is 5.75 Å². The zero-order valence-corrected chi connectivity index (χ0v) is 9.46. The van der Waals surface area contributed by atoms with Crippen molar-refractivity contribution in [2.75, 3.05) is 0 Å². The van der Waals surface area contributed by atoms with Crippen LogP contribution in [0.2, 0.25) is 0 Å². The van der Waals surface area contributed by atoms with E-state index >= 15 is 0 Å². The van der Waals surface area contributed by atoms with E-state index in [4.69, 9.17) is 14.9 Å². The third-order valence-electron chi connectivity index (χ3n) is 2.03. The fraction of sp³-hybridized carbons (Fsp3) is 0.167. The molecule has 1 unspecified atom stereocenters. The van der Waals surface area contributed by atoms with Gasteiger partial charge in [0.15, 0.2) is 6.10 Å². The van der Waals surface area contributed by atoms with Crippen LogP contribution in [0.1, 0.15) is 12.5 Å². The summed E-state index contributed by atoms with van der Waals surface area (Å²) >= 11 is 0. The van der Waals surface area contributed by atoms with Gasteiger partial charge in [0, 0.05) is 11.6 Å². The Morgan fingerprint density at radius 2 is 2.06 bits per heavy atom. The molecule has 0 amide bonds. The molecule has 1 rings (SSSR count). The van der Waals surface area contributed by atoms with E-state index in [1.165, 1.54) is 13.0 Å². The molecular formula is C12H11FO5. The van der Waals surface area contributed by atoms with Gasteiger partial charge in [-0.05, 0) is 31.2 Å². The number of aliphatic carboxylic acids is 2. The molecule has 0 spiro atoms. The molecule has 0 heterocycles. The van der Waals surface area contributed by atoms with E-state index in [-0.39, 0.29) is 11.3 Å². The smallest absolute Gasteiger partial charge is 0.344 e. The first-order valence-electron chi connectivity index (χ1n) is 5.00. The van der Waals surface area contributed by atoms with Crippen molar-refractivity contribution in [2.45, 2.75) is 13.0 Å². The lowest BCUT2D eigenvalue weighted by Crippen LogP contribution is -2.23. The minimum absolute atomic E-state index is 0.101. The third-order valence-corrected chi connectivity index (χ3v) is 2.03. The standard InChI is InChI=1S/C12H11FO5/c1-7(12(16)17)18-10-4-3-9(13)6-8(10)2-5-11(14)15/h2-7H,1H3,(H,14,15)(H,16,17)/b5-2+. The number of rotatable bonds is 5. The molecule has 1 atom stereocenters. The van der Waals surface area contributed by atoms with Crippen LogP contribution in [0.3, 0.4) is 0 Å². The van der Waals surface area contributed by atoms with Gasteiger partial charge < -0.3 is 14.9 Å². The Labute approximate surface area is 102 Å². The number of carboxylic acids is 2. The lowest BCUT2D eigenvalue weighted by atomic mass is 10.1. The predicted molar refractivity (Wildman–Crippen MR) is 60.8 cm³/mol. The highest BCUT2D eigenvalue weighted by molar-refractivity contribution is 5.86. The summed E-state index contributed by atoms with van der Waals surface area (Å²) in [5, 5.41) is 17.2. The molecule has 0 bridgehead atoms. The lowest BCUT2D eigenvalue weighted by molar-refractivity contribution is -0.144. The van der Waals surface area contributed by atoms with Gasteiger partial charge in [0.1, 0.15) is 11.6 Å². The average Bonchev–Trinajstić information content (AvgIpc) is 2.29. The van der Waals surface area contributed by atoms with E-state index in [9.17, 15) is 14.0 Å². The van der Waals surface area contributed by atoms with Gasteiger partial charge in [0.2, 0.25) is 0 Å². The molecule has 5 nitrogen and oxygen atoms in total. The predicted octanol–water partition coefficient (Wildman–Crippen LogP) is 1.78. The molecule has 96 valence electrons. The normalized spacial score (nSPS) is 12.3. The molecule has 0 fully saturated rings. The van der Waals surface area contributed by atoms with E-state index < -0.39 is 23.9 Å². The first-order valence-corrected chi connectivity index (χ1v) is 5.00. The van der Waals surface area contributed by atoms with Crippen LogP contribution < -0.4 is 4.74 Å². The van der Waals surface area contributed by atoms with Crippen molar-refractivity contribution >= 4 is 18.0 Å². The van der Waals surface area contributed by atoms with Crippen molar-refractivity contribution in [1.82, 2.24) is 0 Å². The van der Waals surface area contributed by atoms with E-state index in [0.717, 1.165) is 24.3 Å². The summed E-state index contributed by atoms with van der Waals surface area (Å²) in [6.07, 6.45) is 0.829. The molecule has 0 aliphatic carbocycles. The van der Waals surface area contributed by atoms with Crippen molar-refractivity contribution in [3.05, 3.63) is 35.7 Å². The number of halogens is 1. The summed E-state index contributed by atoms with van der Waals surface area (Å²) in [4.78, 5) is 21.0. The van der Waals surface area contributed by atoms with Gasteiger partial charge >= 0.3 is 11.9 Å². The minimum atomic E-state index is -1.20. The highest BCUT2D eigenvalue weighted by atomic mass is 19.1. The van der Waals surface area contributed by atoms with Crippen molar-refractivity contribution in [1.29, 1.82) is 0 Å². The van der Waals surface area contributed by atoms with Crippen molar-refractivity contribution < 1.29 is 28.9 Å². The summed E-state index contributed by atoms with van der Waals surface area (Å²) in [5.41, 5.74) is 0.158. The summed E-state index contributed by atoms with van der Waals surface area (Å²) in [7, 11) is 0. The molecule has 18 heavy (non-hydrogen) atoms. The highest BCUT2D eigenvalue weighted by Gasteiger charge is 2.14. The highest BCUT2D eigenvalue weighted by Crippen LogP contribution is 2.22. The molecule has 0 saturated heterocycles. The second-order valence-electron chi connectivity index (χ2n) is 3.45. The van der Waals surface area contributed by atoms with Crippen molar-refractivity contribution in [2.24, 2.45) is 0 Å². The lowest BCUT2D eigenvalue weighted by Gasteiger charge is -2.12. The second-order valence-corrected chi connectivity index (χ2v) is 3.45. The first kappa shape index (κ1) is 13.7. The topological polar surface area (TPSA) is 83.8 Å². The number of carboxylic acid groups (broad SMARTS) is 2. The number of benzene rings is 1. The quantitative estimate of drug-likeness (QED) is 0.782. The monoisotopic (exact) mass is 254 g/mol. The maximum Gasteiger partial charge on any atom is 0.344 e. The Bertz CT molecular complexity index is 495. The van der Waals surface area contributed by atoms with Gasteiger partial charge in [0.25, 0.3) is 0 Å². The number of hydrogen-bond donors (Lipinski definition) is 2. The summed E-state index contributed by atoms with van der Waals surface area (Å²) in [6.45, 7) is 1.32. The zero-order valence-electron chi connectivity index (χ0n) is 9.46. The Balaban J connectivity index is 3.03. The molecule has 0 aliphatic heterocycles. The Morgan fingerprint density at radius 1 is 1.39 bits per heavy atom. The fourth-order valence-electron chi connectivity index (χ4n) is 1.16. The van der Waals surface area contributed by atoms with Gasteiger partial charge in [-0.25, -0.2) is 14.0 Å². The van der Waals surface area contributed by atoms with Crippen LogP contribution in [0.15, 0.2) is 24.3 Å². The van der Waals surface area contributed by atoms with Gasteiger partial charge in [0.05, 0.1) is 0 Å². The average molecular weight is 254 g/mol. The Hall–Kier alpha value is -2.37. The van der Waals surface area contributed by atoms with Crippen LogP contribution in [0.5, 0.6) is 5.75 Å². The van der Waals surface area contributed by atoms with Crippen LogP contribution >= 0.6 is 0 Å². The third kappa shape index (κ3) is 3.89. The zero-order chi connectivity index (χ0) is 13.7. The van der Waals surface area contributed by atoms with Crippen LogP contribution in [-0.4, -0.2) is 28.3 Å². The maximum atomic E-state index is 13.0. The number of ether oxygens (including phenoxy) is 1. The van der Waals surface area contributed by atoms with E-state index in [1.54, 1.807) is 0 Å². The fourth-order valence-corrected chi connectivity index (χ4v) is 1.16. The molecule has 1 aromatic carbocycles. The van der Waals surface area contributed by atoms with Gasteiger partial charge in [-0.3, -0.25) is 0 Å². The Kier molecular flexibility index (Phi) is 4.42. The van der Waals surface area contributed by atoms with Crippen LogP contribution in [0, 0.1) is 5.82 Å². The van der Waals surface area contributed by atoms with Gasteiger partial charge in [-0.15, -0.1) is 0 Å². The van der Waals surface area contributed by atoms with E-state index in [1.807, 2.05) is 0 Å². The van der Waals surface area contributed by atoms with Gasteiger partial charge in [-0.1, -0.05) is 0 Å². The van der Waals surface area contributed by atoms with Crippen LogP contribution in [-0.2, 0) is 9.59 Å². The molecule has 1 aromatic rings. The van der Waals surface area contributed by atoms with Crippen LogP contribution in [0.4, 0.5) is 4.39 Å². The SMILES string of the molecule is CC(Oc1ccc(F)cc1/C=C/C(=O)O)C(=O)O. The van der Waals surface area contributed by atoms with Gasteiger partial charge in [-0.2, -0.15) is 0 Å². The number of hydrogen-bond acceptors (Lipinski definition) is 3. The minimum Gasteiger partial charge on any atom is -0.479 e. The molecule has 0 aliphatic rings. The molecule has 6 heteroatoms. The maximum absolute atomic E-state index is 13.0. The Morgan fingerprint density at radius 3 is 2.61 bits per heavy atom. The van der Waals surface area contributed by atoms with Crippen LogP contribution in [0.25, 0.3) is 6.08 Å². The summed E-state index contributed by atoms with van der Waals surface area (Å²) in [5.74, 6) is -2.84. The second kappa shape index (κ2) is 5.81. The molecular weight excluding hydrogens is 243 g/mol. The summed E-state index contributed by atoms with van der Waals surface area (Å²) < 4.78 is 18.1. The molecule has 0 aromatic heterocycles.